The summed E-state index contributed by atoms with van der Waals surface area (Å²) in [5, 5.41) is 10.5. The second kappa shape index (κ2) is 7.20. The highest BCUT2D eigenvalue weighted by Crippen LogP contribution is 2.16. The van der Waals surface area contributed by atoms with E-state index in [4.69, 9.17) is 0 Å². The van der Waals surface area contributed by atoms with Crippen molar-refractivity contribution in [1.82, 2.24) is 4.90 Å². The van der Waals surface area contributed by atoms with Gasteiger partial charge in [-0.3, -0.25) is 14.8 Å². The van der Waals surface area contributed by atoms with Crippen LogP contribution in [0.4, 0.5) is 11.4 Å². The molecule has 0 aliphatic rings. The molecule has 0 heterocycles. The first-order chi connectivity index (χ1) is 9.30. The fraction of sp³-hybridized carbons (Fsp3) is 0.500. The van der Waals surface area contributed by atoms with Crippen molar-refractivity contribution < 1.29 is 13.3 Å². The molecule has 0 radical (unpaired) electrons. The van der Waals surface area contributed by atoms with E-state index in [0.717, 1.165) is 13.0 Å². The number of sulfonamides is 1. The van der Waals surface area contributed by atoms with Gasteiger partial charge in [0.05, 0.1) is 10.7 Å². The minimum absolute atomic E-state index is 0.0395. The number of hydrogen-bond donors (Lipinski definition) is 1. The molecule has 0 unspecified atom stereocenters. The second-order valence-electron chi connectivity index (χ2n) is 4.74. The van der Waals surface area contributed by atoms with Gasteiger partial charge in [0.25, 0.3) is 5.69 Å². The van der Waals surface area contributed by atoms with Gasteiger partial charge in [-0.05, 0) is 45.6 Å². The van der Waals surface area contributed by atoms with Crippen molar-refractivity contribution in [2.45, 2.75) is 12.8 Å². The number of nitro groups is 1. The third kappa shape index (κ3) is 5.98. The Labute approximate surface area is 118 Å². The Morgan fingerprint density at radius 2 is 1.80 bits per heavy atom. The van der Waals surface area contributed by atoms with Gasteiger partial charge >= 0.3 is 0 Å². The molecule has 0 aliphatic heterocycles. The zero-order valence-electron chi connectivity index (χ0n) is 11.6. The van der Waals surface area contributed by atoms with Gasteiger partial charge in [-0.1, -0.05) is 0 Å². The molecule has 0 saturated heterocycles. The van der Waals surface area contributed by atoms with Crippen LogP contribution in [-0.4, -0.2) is 44.6 Å². The third-order valence-electron chi connectivity index (χ3n) is 2.62. The van der Waals surface area contributed by atoms with Gasteiger partial charge in [0, 0.05) is 17.8 Å². The number of non-ortho nitro benzene ring substituents is 1. The summed E-state index contributed by atoms with van der Waals surface area (Å²) in [6, 6.07) is 5.30. The van der Waals surface area contributed by atoms with Crippen molar-refractivity contribution in [3.05, 3.63) is 34.4 Å². The molecule has 1 rings (SSSR count). The lowest BCUT2D eigenvalue weighted by atomic mass is 10.3. The zero-order valence-corrected chi connectivity index (χ0v) is 12.4. The van der Waals surface area contributed by atoms with E-state index in [0.29, 0.717) is 12.1 Å². The van der Waals surface area contributed by atoms with Crippen molar-refractivity contribution in [2.75, 3.05) is 31.1 Å². The molecule has 1 aromatic rings. The van der Waals surface area contributed by atoms with E-state index < -0.39 is 14.9 Å². The van der Waals surface area contributed by atoms with Gasteiger partial charge in [0.15, 0.2) is 0 Å². The summed E-state index contributed by atoms with van der Waals surface area (Å²) in [5.74, 6) is 0.0395. The van der Waals surface area contributed by atoms with Crippen LogP contribution in [0.2, 0.25) is 0 Å². The molecule has 0 aliphatic carbocycles. The average molecular weight is 301 g/mol. The van der Waals surface area contributed by atoms with E-state index >= 15 is 0 Å². The van der Waals surface area contributed by atoms with Crippen molar-refractivity contribution in [3.8, 4) is 0 Å². The maximum absolute atomic E-state index is 11.8. The Morgan fingerprint density at radius 3 is 2.30 bits per heavy atom. The standard InChI is InChI=1S/C12H19N3O4S/c1-14(2)9-3-4-10-20(18,19)13-11-5-7-12(8-6-11)15(16)17/h5-8,13H,3-4,9-10H2,1-2H3. The maximum atomic E-state index is 11.8. The molecule has 8 heteroatoms. The van der Waals surface area contributed by atoms with Crippen LogP contribution in [0.1, 0.15) is 12.8 Å². The SMILES string of the molecule is CN(C)CCCCS(=O)(=O)Nc1ccc([N+](=O)[O-])cc1. The topological polar surface area (TPSA) is 92.6 Å². The smallest absolute Gasteiger partial charge is 0.269 e. The lowest BCUT2D eigenvalue weighted by molar-refractivity contribution is -0.384. The first kappa shape index (κ1) is 16.4. The van der Waals surface area contributed by atoms with Gasteiger partial charge < -0.3 is 4.90 Å². The Morgan fingerprint density at radius 1 is 1.20 bits per heavy atom. The summed E-state index contributed by atoms with van der Waals surface area (Å²) in [5.41, 5.74) is 0.266. The number of unbranched alkanes of at least 4 members (excludes halogenated alkanes) is 1. The predicted octanol–water partition coefficient (Wildman–Crippen LogP) is 1.68. The van der Waals surface area contributed by atoms with Crippen LogP contribution in [0, 0.1) is 10.1 Å². The van der Waals surface area contributed by atoms with Crippen molar-refractivity contribution in [1.29, 1.82) is 0 Å². The normalized spacial score (nSPS) is 11.6. The maximum Gasteiger partial charge on any atom is 0.269 e. The fourth-order valence-corrected chi connectivity index (χ4v) is 2.78. The van der Waals surface area contributed by atoms with E-state index in [1.807, 2.05) is 19.0 Å². The lowest BCUT2D eigenvalue weighted by Crippen LogP contribution is -2.19. The zero-order chi connectivity index (χ0) is 15.2. The lowest BCUT2D eigenvalue weighted by Gasteiger charge is -2.10. The van der Waals surface area contributed by atoms with Crippen LogP contribution in [0.25, 0.3) is 0 Å². The summed E-state index contributed by atoms with van der Waals surface area (Å²) in [4.78, 5) is 12.0. The van der Waals surface area contributed by atoms with Crippen LogP contribution in [0.5, 0.6) is 0 Å². The van der Waals surface area contributed by atoms with Gasteiger partial charge in [0.1, 0.15) is 0 Å². The van der Waals surface area contributed by atoms with E-state index in [1.165, 1.54) is 24.3 Å². The first-order valence-corrected chi connectivity index (χ1v) is 7.85. The summed E-state index contributed by atoms with van der Waals surface area (Å²) in [6.07, 6.45) is 1.37. The average Bonchev–Trinajstić information content (AvgIpc) is 2.34. The molecule has 0 spiro atoms. The molecule has 1 N–H and O–H groups in total. The summed E-state index contributed by atoms with van der Waals surface area (Å²) in [7, 11) is 0.464. The molecule has 0 aromatic heterocycles. The Balaban J connectivity index is 2.51. The molecule has 20 heavy (non-hydrogen) atoms. The van der Waals surface area contributed by atoms with Gasteiger partial charge in [0.2, 0.25) is 10.0 Å². The second-order valence-corrected chi connectivity index (χ2v) is 6.58. The van der Waals surface area contributed by atoms with Gasteiger partial charge in [-0.25, -0.2) is 8.42 Å². The van der Waals surface area contributed by atoms with Crippen molar-refractivity contribution in [2.24, 2.45) is 0 Å². The number of rotatable bonds is 8. The number of nitrogens with one attached hydrogen (secondary N) is 1. The van der Waals surface area contributed by atoms with E-state index in [9.17, 15) is 18.5 Å². The molecule has 112 valence electrons. The molecule has 1 aromatic carbocycles. The molecular weight excluding hydrogens is 282 g/mol. The summed E-state index contributed by atoms with van der Waals surface area (Å²) in [6.45, 7) is 0.840. The van der Waals surface area contributed by atoms with Gasteiger partial charge in [-0.15, -0.1) is 0 Å². The van der Waals surface area contributed by atoms with E-state index in [-0.39, 0.29) is 11.4 Å². The highest BCUT2D eigenvalue weighted by Gasteiger charge is 2.11. The first-order valence-electron chi connectivity index (χ1n) is 6.20. The van der Waals surface area contributed by atoms with Crippen LogP contribution in [0.3, 0.4) is 0 Å². The predicted molar refractivity (Wildman–Crippen MR) is 78.3 cm³/mol. The van der Waals surface area contributed by atoms with Crippen LogP contribution in [0.15, 0.2) is 24.3 Å². The van der Waals surface area contributed by atoms with Crippen molar-refractivity contribution >= 4 is 21.4 Å². The number of anilines is 1. The molecule has 0 bridgehead atoms. The Bertz CT molecular complexity index is 540. The summed E-state index contributed by atoms with van der Waals surface area (Å²) < 4.78 is 26.0. The van der Waals surface area contributed by atoms with Crippen molar-refractivity contribution in [3.63, 3.8) is 0 Å². The highest BCUT2D eigenvalue weighted by molar-refractivity contribution is 7.92. The number of nitro benzene ring substituents is 1. The number of benzene rings is 1. The fourth-order valence-electron chi connectivity index (χ4n) is 1.60. The third-order valence-corrected chi connectivity index (χ3v) is 3.99. The monoisotopic (exact) mass is 301 g/mol. The summed E-state index contributed by atoms with van der Waals surface area (Å²) >= 11 is 0. The minimum atomic E-state index is -3.40. The Hall–Kier alpha value is -1.67. The largest absolute Gasteiger partial charge is 0.309 e. The van der Waals surface area contributed by atoms with Crippen LogP contribution >= 0.6 is 0 Å². The molecule has 0 saturated carbocycles. The number of nitrogens with zero attached hydrogens (tertiary/aromatic N) is 2. The van der Waals surface area contributed by atoms with E-state index in [2.05, 4.69) is 4.72 Å². The molecule has 0 amide bonds. The quantitative estimate of drug-likeness (QED) is 0.448. The number of hydrogen-bond acceptors (Lipinski definition) is 5. The minimum Gasteiger partial charge on any atom is -0.309 e. The Kier molecular flexibility index (Phi) is 5.90. The van der Waals surface area contributed by atoms with Crippen LogP contribution in [-0.2, 0) is 10.0 Å². The van der Waals surface area contributed by atoms with E-state index in [1.54, 1.807) is 0 Å². The highest BCUT2D eigenvalue weighted by atomic mass is 32.2. The molecule has 0 fully saturated rings. The van der Waals surface area contributed by atoms with Gasteiger partial charge in [-0.2, -0.15) is 0 Å². The van der Waals surface area contributed by atoms with Crippen LogP contribution < -0.4 is 4.72 Å². The molecule has 7 nitrogen and oxygen atoms in total. The molecular formula is C12H19N3O4S. The molecule has 0 atom stereocenters.